The molecule has 0 fully saturated rings. The van der Waals surface area contributed by atoms with Crippen LogP contribution in [0.4, 0.5) is 11.4 Å². The quantitative estimate of drug-likeness (QED) is 0.393. The minimum Gasteiger partial charge on any atom is -0.458 e. The van der Waals surface area contributed by atoms with Crippen molar-refractivity contribution in [3.05, 3.63) is 23.8 Å². The van der Waals surface area contributed by atoms with Crippen LogP contribution in [-0.4, -0.2) is 29.6 Å². The molecule has 0 saturated carbocycles. The van der Waals surface area contributed by atoms with Gasteiger partial charge in [0.05, 0.1) is 11.4 Å². The van der Waals surface area contributed by atoms with Crippen LogP contribution in [0.1, 0.15) is 79.1 Å². The first-order chi connectivity index (χ1) is 13.7. The Morgan fingerprint density at radius 3 is 2.03 bits per heavy atom. The zero-order valence-corrected chi connectivity index (χ0v) is 20.1. The van der Waals surface area contributed by atoms with E-state index in [1.807, 2.05) is 40.7 Å². The third-order valence-corrected chi connectivity index (χ3v) is 4.78. The maximum Gasteiger partial charge on any atom is 0.329 e. The van der Waals surface area contributed by atoms with Crippen LogP contribution in [-0.2, 0) is 9.53 Å². The van der Waals surface area contributed by atoms with E-state index in [4.69, 9.17) is 10.5 Å². The monoisotopic (exact) mass is 419 g/mol. The molecule has 6 heteroatoms. The number of nitrogens with two attached hydrogens (primary N) is 1. The highest BCUT2D eigenvalue weighted by atomic mass is 16.6. The number of hydrogen-bond donors (Lipinski definition) is 3. The minimum absolute atomic E-state index is 0.225. The summed E-state index contributed by atoms with van der Waals surface area (Å²) in [7, 11) is 0. The van der Waals surface area contributed by atoms with Gasteiger partial charge in [-0.25, -0.2) is 4.79 Å². The van der Waals surface area contributed by atoms with Crippen LogP contribution in [0.25, 0.3) is 0 Å². The second-order valence-corrected chi connectivity index (χ2v) is 10.1. The maximum absolute atomic E-state index is 12.8. The Bertz CT molecular complexity index is 713. The molecule has 30 heavy (non-hydrogen) atoms. The van der Waals surface area contributed by atoms with Gasteiger partial charge in [-0.3, -0.25) is 4.79 Å². The molecule has 170 valence electrons. The van der Waals surface area contributed by atoms with Crippen molar-refractivity contribution in [3.63, 3.8) is 0 Å². The van der Waals surface area contributed by atoms with Gasteiger partial charge in [0.15, 0.2) is 0 Å². The van der Waals surface area contributed by atoms with Gasteiger partial charge >= 0.3 is 5.97 Å². The lowest BCUT2D eigenvalue weighted by Gasteiger charge is -2.28. The number of carbonyl (C=O) groups is 2. The van der Waals surface area contributed by atoms with Crippen molar-refractivity contribution in [2.24, 2.45) is 17.8 Å². The third kappa shape index (κ3) is 8.25. The Balaban J connectivity index is 2.98. The van der Waals surface area contributed by atoms with E-state index in [0.29, 0.717) is 29.5 Å². The number of anilines is 2. The van der Waals surface area contributed by atoms with E-state index in [-0.39, 0.29) is 17.9 Å². The lowest BCUT2D eigenvalue weighted by molar-refractivity contribution is -0.157. The van der Waals surface area contributed by atoms with Crippen LogP contribution in [0.2, 0.25) is 0 Å². The molecule has 0 aliphatic heterocycles. The fraction of sp³-hybridized carbons (Fsp3) is 0.667. The smallest absolute Gasteiger partial charge is 0.329 e. The molecule has 1 atom stereocenters. The summed E-state index contributed by atoms with van der Waals surface area (Å²) in [6.07, 6.45) is 0.500. The highest BCUT2D eigenvalue weighted by Gasteiger charge is 2.28. The largest absolute Gasteiger partial charge is 0.458 e. The molecule has 1 aromatic rings. The zero-order chi connectivity index (χ0) is 23.2. The van der Waals surface area contributed by atoms with Crippen molar-refractivity contribution in [2.45, 2.75) is 86.4 Å². The van der Waals surface area contributed by atoms with Crippen LogP contribution < -0.4 is 16.4 Å². The van der Waals surface area contributed by atoms with E-state index in [9.17, 15) is 9.59 Å². The van der Waals surface area contributed by atoms with E-state index in [0.717, 1.165) is 5.69 Å². The van der Waals surface area contributed by atoms with Gasteiger partial charge in [-0.15, -0.1) is 0 Å². The lowest BCUT2D eigenvalue weighted by atomic mass is 9.93. The predicted octanol–water partition coefficient (Wildman–Crippen LogP) is 4.85. The van der Waals surface area contributed by atoms with E-state index < -0.39 is 17.6 Å². The molecule has 0 spiro atoms. The summed E-state index contributed by atoms with van der Waals surface area (Å²) >= 11 is 0. The van der Waals surface area contributed by atoms with Crippen LogP contribution in [0, 0.1) is 17.8 Å². The Labute approximate surface area is 182 Å². The van der Waals surface area contributed by atoms with Gasteiger partial charge in [0.1, 0.15) is 11.6 Å². The van der Waals surface area contributed by atoms with Crippen LogP contribution in [0.15, 0.2) is 18.2 Å². The van der Waals surface area contributed by atoms with Gasteiger partial charge in [-0.05, 0) is 63.1 Å². The van der Waals surface area contributed by atoms with Gasteiger partial charge in [-0.1, -0.05) is 41.5 Å². The van der Waals surface area contributed by atoms with E-state index >= 15 is 0 Å². The molecule has 0 saturated heterocycles. The summed E-state index contributed by atoms with van der Waals surface area (Å²) < 4.78 is 5.48. The number of hydrogen-bond acceptors (Lipinski definition) is 5. The average molecular weight is 420 g/mol. The first-order valence-corrected chi connectivity index (χ1v) is 10.9. The summed E-state index contributed by atoms with van der Waals surface area (Å²) in [5.41, 5.74) is 7.35. The molecular formula is C24H41N3O3. The highest BCUT2D eigenvalue weighted by molar-refractivity contribution is 5.98. The lowest BCUT2D eigenvalue weighted by Crippen LogP contribution is -2.45. The van der Waals surface area contributed by atoms with Crippen molar-refractivity contribution in [3.8, 4) is 0 Å². The van der Waals surface area contributed by atoms with Gasteiger partial charge in [0.2, 0.25) is 0 Å². The summed E-state index contributed by atoms with van der Waals surface area (Å²) in [5.74, 6) is 0.348. The fourth-order valence-electron chi connectivity index (χ4n) is 3.42. The highest BCUT2D eigenvalue weighted by Crippen LogP contribution is 2.25. The van der Waals surface area contributed by atoms with Crippen molar-refractivity contribution >= 4 is 23.3 Å². The van der Waals surface area contributed by atoms with E-state index in [2.05, 4.69) is 38.3 Å². The third-order valence-electron chi connectivity index (χ3n) is 4.78. The number of ether oxygens (including phenoxy) is 1. The van der Waals surface area contributed by atoms with Gasteiger partial charge < -0.3 is 21.1 Å². The molecule has 0 aliphatic rings. The summed E-state index contributed by atoms with van der Waals surface area (Å²) in [6, 6.07) is 4.77. The Kier molecular flexibility index (Phi) is 9.19. The molecule has 0 radical (unpaired) electrons. The SMILES string of the molecule is CC(C)C[C@H](NC(=O)c1ccc(NC(C(C)C)C(C)C)c(N)c1)C(=O)OC(C)(C)C. The molecular weight excluding hydrogens is 378 g/mol. The summed E-state index contributed by atoms with van der Waals surface area (Å²) in [6.45, 7) is 18.1. The second kappa shape index (κ2) is 10.7. The van der Waals surface area contributed by atoms with Crippen molar-refractivity contribution in [2.75, 3.05) is 11.1 Å². The molecule has 1 amide bonds. The number of esters is 1. The maximum atomic E-state index is 12.8. The first kappa shape index (κ1) is 25.8. The van der Waals surface area contributed by atoms with Crippen LogP contribution >= 0.6 is 0 Å². The number of rotatable bonds is 9. The Morgan fingerprint density at radius 1 is 1.03 bits per heavy atom. The standard InChI is InChI=1S/C24H41N3O3/c1-14(2)12-20(23(29)30-24(7,8)9)27-22(28)17-10-11-19(18(25)13-17)26-21(15(3)4)16(5)6/h10-11,13-16,20-21,26H,12,25H2,1-9H3,(H,27,28)/t20-/m0/s1. The number of amides is 1. The fourth-order valence-corrected chi connectivity index (χ4v) is 3.42. The first-order valence-electron chi connectivity index (χ1n) is 10.9. The van der Waals surface area contributed by atoms with E-state index in [1.165, 1.54) is 0 Å². The number of nitrogen functional groups attached to an aromatic ring is 1. The van der Waals surface area contributed by atoms with Crippen molar-refractivity contribution in [1.29, 1.82) is 0 Å². The molecule has 1 rings (SSSR count). The summed E-state index contributed by atoms with van der Waals surface area (Å²) in [4.78, 5) is 25.4. The molecule has 1 aromatic carbocycles. The Morgan fingerprint density at radius 2 is 1.60 bits per heavy atom. The summed E-state index contributed by atoms with van der Waals surface area (Å²) in [5, 5.41) is 6.31. The minimum atomic E-state index is -0.706. The molecule has 0 aromatic heterocycles. The van der Waals surface area contributed by atoms with Crippen molar-refractivity contribution in [1.82, 2.24) is 5.32 Å². The second-order valence-electron chi connectivity index (χ2n) is 10.1. The van der Waals surface area contributed by atoms with Gasteiger partial charge in [-0.2, -0.15) is 0 Å². The number of carbonyl (C=O) groups excluding carboxylic acids is 2. The zero-order valence-electron chi connectivity index (χ0n) is 20.1. The van der Waals surface area contributed by atoms with E-state index in [1.54, 1.807) is 12.1 Å². The van der Waals surface area contributed by atoms with Gasteiger partial charge in [0, 0.05) is 11.6 Å². The number of nitrogens with one attached hydrogen (secondary N) is 2. The van der Waals surface area contributed by atoms with Crippen molar-refractivity contribution < 1.29 is 14.3 Å². The molecule has 0 heterocycles. The molecule has 6 nitrogen and oxygen atoms in total. The van der Waals surface area contributed by atoms with Gasteiger partial charge in [0.25, 0.3) is 5.91 Å². The number of benzene rings is 1. The normalized spacial score (nSPS) is 13.1. The Hall–Kier alpha value is -2.24. The molecule has 4 N–H and O–H groups in total. The molecule has 0 unspecified atom stereocenters. The molecule has 0 bridgehead atoms. The molecule has 0 aliphatic carbocycles. The van der Waals surface area contributed by atoms with Crippen LogP contribution in [0.3, 0.4) is 0 Å². The topological polar surface area (TPSA) is 93.5 Å². The van der Waals surface area contributed by atoms with Crippen LogP contribution in [0.5, 0.6) is 0 Å². The predicted molar refractivity (Wildman–Crippen MR) is 124 cm³/mol. The average Bonchev–Trinajstić information content (AvgIpc) is 2.57.